The first-order valence-corrected chi connectivity index (χ1v) is 14.4. The van der Waals surface area contributed by atoms with E-state index in [0.717, 1.165) is 30.4 Å². The van der Waals surface area contributed by atoms with Gasteiger partial charge in [-0.25, -0.2) is 4.99 Å². The van der Waals surface area contributed by atoms with E-state index in [4.69, 9.17) is 4.99 Å². The number of allylic oxidation sites excluding steroid dienone is 2. The van der Waals surface area contributed by atoms with Gasteiger partial charge in [0.05, 0.1) is 12.8 Å². The summed E-state index contributed by atoms with van der Waals surface area (Å²) in [5.74, 6) is 0.0511. The molecule has 33 heavy (non-hydrogen) atoms. The third kappa shape index (κ3) is 12.8. The number of hydrogen-bond donors (Lipinski definition) is 1. The fourth-order valence-electron chi connectivity index (χ4n) is 5.29. The molecule has 192 valence electrons. The van der Waals surface area contributed by atoms with Crippen LogP contribution >= 0.6 is 0 Å². The predicted octanol–water partition coefficient (Wildman–Crippen LogP) is 7.92. The zero-order chi connectivity index (χ0) is 24.2. The summed E-state index contributed by atoms with van der Waals surface area (Å²) in [5.41, 5.74) is 0. The molecular weight excluding hydrogens is 406 g/mol. The molecule has 0 saturated heterocycles. The first-order chi connectivity index (χ1) is 16.1. The highest BCUT2D eigenvalue weighted by Crippen LogP contribution is 2.26. The van der Waals surface area contributed by atoms with Crippen LogP contribution < -0.4 is 5.32 Å². The minimum Gasteiger partial charge on any atom is -0.307 e. The first kappa shape index (κ1) is 29.9. The summed E-state index contributed by atoms with van der Waals surface area (Å²) in [6.07, 6.45) is 30.3. The number of amides is 1. The first-order valence-electron chi connectivity index (χ1n) is 14.4. The lowest BCUT2D eigenvalue weighted by atomic mass is 10.0. The van der Waals surface area contributed by atoms with Gasteiger partial charge in [-0.05, 0) is 32.6 Å². The Balaban J connectivity index is 2.00. The fraction of sp³-hybridized carbons (Fsp3) is 0.862. The van der Waals surface area contributed by atoms with Crippen molar-refractivity contribution in [2.24, 2.45) is 4.99 Å². The number of nitrogens with one attached hydrogen (secondary N) is 1. The predicted molar refractivity (Wildman–Crippen MR) is 145 cm³/mol. The van der Waals surface area contributed by atoms with Gasteiger partial charge in [0.15, 0.2) is 12.3 Å². The zero-order valence-electron chi connectivity index (χ0n) is 22.6. The van der Waals surface area contributed by atoms with Crippen molar-refractivity contribution in [2.75, 3.05) is 13.1 Å². The Labute approximate surface area is 206 Å². The van der Waals surface area contributed by atoms with Crippen LogP contribution in [0.3, 0.4) is 0 Å². The van der Waals surface area contributed by atoms with Crippen LogP contribution in [0.4, 0.5) is 0 Å². The van der Waals surface area contributed by atoms with Crippen molar-refractivity contribution in [3.8, 4) is 0 Å². The zero-order valence-corrected chi connectivity index (χ0v) is 22.6. The summed E-state index contributed by atoms with van der Waals surface area (Å²) in [5, 5.41) is 3.11. The molecule has 1 amide bonds. The summed E-state index contributed by atoms with van der Waals surface area (Å²) < 4.78 is 0.863. The summed E-state index contributed by atoms with van der Waals surface area (Å²) in [6, 6.07) is 0. The van der Waals surface area contributed by atoms with Gasteiger partial charge < -0.3 is 5.32 Å². The lowest BCUT2D eigenvalue weighted by molar-refractivity contribution is -0.959. The highest BCUT2D eigenvalue weighted by atomic mass is 16.1. The molecular formula is C29H56N3O+. The number of unbranched alkanes of at least 4 members (excludes halogenated alkanes) is 14. The SMILES string of the molecule is CCCCCCCCCCCCCCC/C=C/CCCC1N=CC[N+]1(CC)C(C)NC(C)=O. The third-order valence-electron chi connectivity index (χ3n) is 7.54. The van der Waals surface area contributed by atoms with Gasteiger partial charge in [0, 0.05) is 20.3 Å². The topological polar surface area (TPSA) is 41.5 Å². The summed E-state index contributed by atoms with van der Waals surface area (Å²) in [7, 11) is 0. The largest absolute Gasteiger partial charge is 0.307 e. The van der Waals surface area contributed by atoms with Gasteiger partial charge in [0.2, 0.25) is 5.91 Å². The number of carbonyl (C=O) groups is 1. The van der Waals surface area contributed by atoms with E-state index in [1.165, 1.54) is 96.3 Å². The summed E-state index contributed by atoms with van der Waals surface area (Å²) in [4.78, 5) is 16.3. The third-order valence-corrected chi connectivity index (χ3v) is 7.54. The second kappa shape index (κ2) is 19.2. The number of quaternary nitrogens is 1. The van der Waals surface area contributed by atoms with Crippen molar-refractivity contribution in [3.63, 3.8) is 0 Å². The lowest BCUT2D eigenvalue weighted by Gasteiger charge is -2.42. The quantitative estimate of drug-likeness (QED) is 0.105. The molecule has 4 heteroatoms. The van der Waals surface area contributed by atoms with E-state index in [1.807, 2.05) is 0 Å². The molecule has 1 N–H and O–H groups in total. The van der Waals surface area contributed by atoms with Gasteiger partial charge in [-0.3, -0.25) is 9.28 Å². The maximum atomic E-state index is 11.5. The van der Waals surface area contributed by atoms with Gasteiger partial charge in [-0.1, -0.05) is 96.1 Å². The molecule has 0 fully saturated rings. The molecule has 1 aliphatic heterocycles. The van der Waals surface area contributed by atoms with Crippen LogP contribution in [-0.2, 0) is 4.79 Å². The normalized spacial score (nSPS) is 21.2. The van der Waals surface area contributed by atoms with Crippen molar-refractivity contribution >= 4 is 12.1 Å². The Morgan fingerprint density at radius 1 is 0.909 bits per heavy atom. The van der Waals surface area contributed by atoms with Gasteiger partial charge in [-0.2, -0.15) is 0 Å². The Kier molecular flexibility index (Phi) is 17.4. The second-order valence-electron chi connectivity index (χ2n) is 10.2. The minimum absolute atomic E-state index is 0.0511. The van der Waals surface area contributed by atoms with Crippen molar-refractivity contribution in [1.82, 2.24) is 5.32 Å². The van der Waals surface area contributed by atoms with Gasteiger partial charge in [0.1, 0.15) is 6.54 Å². The maximum Gasteiger partial charge on any atom is 0.221 e. The fourth-order valence-corrected chi connectivity index (χ4v) is 5.29. The molecule has 4 nitrogen and oxygen atoms in total. The van der Waals surface area contributed by atoms with Gasteiger partial charge >= 0.3 is 0 Å². The van der Waals surface area contributed by atoms with E-state index in [9.17, 15) is 4.79 Å². The molecule has 3 unspecified atom stereocenters. The molecule has 0 bridgehead atoms. The van der Waals surface area contributed by atoms with Crippen molar-refractivity contribution < 1.29 is 9.28 Å². The number of hydrogen-bond acceptors (Lipinski definition) is 2. The molecule has 0 aliphatic carbocycles. The van der Waals surface area contributed by atoms with Crippen LogP contribution in [0.1, 0.15) is 137 Å². The van der Waals surface area contributed by atoms with Crippen LogP contribution in [0.5, 0.6) is 0 Å². The average Bonchev–Trinajstić information content (AvgIpc) is 3.22. The van der Waals surface area contributed by atoms with Crippen LogP contribution in [-0.4, -0.2) is 42.0 Å². The second-order valence-corrected chi connectivity index (χ2v) is 10.2. The monoisotopic (exact) mass is 462 g/mol. The van der Waals surface area contributed by atoms with Gasteiger partial charge in [0.25, 0.3) is 0 Å². The summed E-state index contributed by atoms with van der Waals surface area (Å²) >= 11 is 0. The molecule has 0 spiro atoms. The Morgan fingerprint density at radius 3 is 1.94 bits per heavy atom. The minimum atomic E-state index is 0.0511. The van der Waals surface area contributed by atoms with Crippen molar-refractivity contribution in [3.05, 3.63) is 12.2 Å². The number of nitrogens with zero attached hydrogens (tertiary/aromatic N) is 2. The lowest BCUT2D eigenvalue weighted by Crippen LogP contribution is -2.63. The highest BCUT2D eigenvalue weighted by molar-refractivity contribution is 5.73. The van der Waals surface area contributed by atoms with Gasteiger partial charge in [-0.15, -0.1) is 0 Å². The average molecular weight is 463 g/mol. The Bertz CT molecular complexity index is 545. The van der Waals surface area contributed by atoms with E-state index in [-0.39, 0.29) is 18.2 Å². The standard InChI is InChI=1S/C29H55N3O/c1-5-7-8-9-10-11-12-13-14-15-16-17-18-19-20-21-22-23-24-29-30-25-26-32(29,6-2)27(3)31-28(4)33/h20-21,25,27,29H,5-19,22-24,26H2,1-4H3/p+1/b21-20+. The van der Waals surface area contributed by atoms with Crippen molar-refractivity contribution in [1.29, 1.82) is 0 Å². The van der Waals surface area contributed by atoms with Crippen LogP contribution in [0.25, 0.3) is 0 Å². The number of carbonyl (C=O) groups excluding carboxylic acids is 1. The van der Waals surface area contributed by atoms with E-state index in [2.05, 4.69) is 44.5 Å². The van der Waals surface area contributed by atoms with Crippen LogP contribution in [0.2, 0.25) is 0 Å². The van der Waals surface area contributed by atoms with E-state index >= 15 is 0 Å². The molecule has 0 aromatic heterocycles. The van der Waals surface area contributed by atoms with Crippen molar-refractivity contribution in [2.45, 2.75) is 149 Å². The van der Waals surface area contributed by atoms with E-state index in [0.29, 0.717) is 0 Å². The Hall–Kier alpha value is -1.16. The molecule has 0 saturated carbocycles. The molecule has 0 radical (unpaired) electrons. The highest BCUT2D eigenvalue weighted by Gasteiger charge is 2.42. The molecule has 1 rings (SSSR count). The van der Waals surface area contributed by atoms with E-state index in [1.54, 1.807) is 6.92 Å². The van der Waals surface area contributed by atoms with Crippen LogP contribution in [0, 0.1) is 0 Å². The smallest absolute Gasteiger partial charge is 0.221 e. The van der Waals surface area contributed by atoms with Crippen LogP contribution in [0.15, 0.2) is 17.1 Å². The molecule has 0 aromatic rings. The molecule has 1 aliphatic rings. The molecule has 3 atom stereocenters. The number of aliphatic imine (C=N–C) groups is 1. The maximum absolute atomic E-state index is 11.5. The summed E-state index contributed by atoms with van der Waals surface area (Å²) in [6.45, 7) is 10.2. The van der Waals surface area contributed by atoms with E-state index < -0.39 is 0 Å². The number of rotatable bonds is 21. The molecule has 1 heterocycles. The Morgan fingerprint density at radius 2 is 1.42 bits per heavy atom. The molecule has 0 aromatic carbocycles.